The van der Waals surface area contributed by atoms with Crippen molar-refractivity contribution in [2.45, 2.75) is 13.0 Å². The van der Waals surface area contributed by atoms with Gasteiger partial charge in [0.2, 0.25) is 0 Å². The monoisotopic (exact) mass is 264 g/mol. The van der Waals surface area contributed by atoms with E-state index >= 15 is 0 Å². The number of hydrogen-bond donors (Lipinski definition) is 1. The Morgan fingerprint density at radius 3 is 2.58 bits per heavy atom. The molecule has 0 radical (unpaired) electrons. The fraction of sp³-hybridized carbons (Fsp3) is 0.500. The maximum Gasteiger partial charge on any atom is 0.257 e. The molecular formula is C14H20N2O3. The van der Waals surface area contributed by atoms with Gasteiger partial charge in [0.25, 0.3) is 5.91 Å². The molecule has 1 heterocycles. The molecule has 19 heavy (non-hydrogen) atoms. The molecule has 2 N–H and O–H groups in total. The van der Waals surface area contributed by atoms with Crippen molar-refractivity contribution in [3.05, 3.63) is 23.8 Å². The number of likely N-dealkylation sites (tertiary alicyclic amines) is 1. The van der Waals surface area contributed by atoms with Crippen molar-refractivity contribution in [3.63, 3.8) is 0 Å². The predicted molar refractivity (Wildman–Crippen MR) is 72.6 cm³/mol. The molecule has 5 nitrogen and oxygen atoms in total. The number of carbonyl (C=O) groups is 1. The molecule has 5 heteroatoms. The molecule has 0 aromatic heterocycles. The van der Waals surface area contributed by atoms with Crippen LogP contribution in [-0.4, -0.2) is 44.2 Å². The van der Waals surface area contributed by atoms with Crippen LogP contribution in [0.15, 0.2) is 18.2 Å². The van der Waals surface area contributed by atoms with Gasteiger partial charge in [-0.3, -0.25) is 4.79 Å². The van der Waals surface area contributed by atoms with Crippen molar-refractivity contribution in [1.82, 2.24) is 4.90 Å². The van der Waals surface area contributed by atoms with Crippen molar-refractivity contribution in [2.75, 3.05) is 27.3 Å². The first-order chi connectivity index (χ1) is 9.06. The average Bonchev–Trinajstić information content (AvgIpc) is 2.77. The van der Waals surface area contributed by atoms with Crippen LogP contribution in [0.25, 0.3) is 0 Å². The van der Waals surface area contributed by atoms with Gasteiger partial charge in [0.1, 0.15) is 11.5 Å². The summed E-state index contributed by atoms with van der Waals surface area (Å²) in [5.41, 5.74) is 6.50. The van der Waals surface area contributed by atoms with Crippen LogP contribution in [0.5, 0.6) is 11.5 Å². The van der Waals surface area contributed by atoms with E-state index in [1.54, 1.807) is 37.3 Å². The van der Waals surface area contributed by atoms with Crippen LogP contribution in [0.2, 0.25) is 0 Å². The van der Waals surface area contributed by atoms with E-state index in [2.05, 4.69) is 6.92 Å². The average molecular weight is 264 g/mol. The van der Waals surface area contributed by atoms with E-state index in [0.29, 0.717) is 36.1 Å². The van der Waals surface area contributed by atoms with Crippen molar-refractivity contribution >= 4 is 5.91 Å². The Balaban J connectivity index is 2.24. The Hall–Kier alpha value is -1.75. The van der Waals surface area contributed by atoms with Gasteiger partial charge in [-0.15, -0.1) is 0 Å². The van der Waals surface area contributed by atoms with Crippen LogP contribution in [-0.2, 0) is 0 Å². The maximum atomic E-state index is 12.5. The van der Waals surface area contributed by atoms with E-state index < -0.39 is 0 Å². The molecule has 2 unspecified atom stereocenters. The lowest BCUT2D eigenvalue weighted by molar-refractivity contribution is 0.0783. The summed E-state index contributed by atoms with van der Waals surface area (Å²) in [6, 6.07) is 5.25. The standard InChI is InChI=1S/C14H20N2O3/c1-9-7-16(8-12(9)15)14(17)11-5-4-10(18-2)6-13(11)19-3/h4-6,9,12H,7-8,15H2,1-3H3. The minimum absolute atomic E-state index is 0.0423. The summed E-state index contributed by atoms with van der Waals surface area (Å²) < 4.78 is 10.4. The molecule has 0 aliphatic carbocycles. The smallest absolute Gasteiger partial charge is 0.257 e. The number of ether oxygens (including phenoxy) is 2. The van der Waals surface area contributed by atoms with Gasteiger partial charge in [0.05, 0.1) is 19.8 Å². The Morgan fingerprint density at radius 1 is 1.32 bits per heavy atom. The molecule has 1 saturated heterocycles. The highest BCUT2D eigenvalue weighted by atomic mass is 16.5. The van der Waals surface area contributed by atoms with E-state index in [0.717, 1.165) is 0 Å². The maximum absolute atomic E-state index is 12.5. The molecule has 1 aromatic carbocycles. The zero-order valence-corrected chi connectivity index (χ0v) is 11.6. The summed E-state index contributed by atoms with van der Waals surface area (Å²) in [6.45, 7) is 3.34. The zero-order chi connectivity index (χ0) is 14.0. The normalized spacial score (nSPS) is 22.4. The Kier molecular flexibility index (Phi) is 3.95. The summed E-state index contributed by atoms with van der Waals surface area (Å²) in [6.07, 6.45) is 0. The molecule has 1 aliphatic heterocycles. The van der Waals surface area contributed by atoms with Gasteiger partial charge in [-0.25, -0.2) is 0 Å². The van der Waals surface area contributed by atoms with Crippen LogP contribution in [0.3, 0.4) is 0 Å². The molecule has 2 rings (SSSR count). The van der Waals surface area contributed by atoms with E-state index in [4.69, 9.17) is 15.2 Å². The molecule has 104 valence electrons. The largest absolute Gasteiger partial charge is 0.497 e. The van der Waals surface area contributed by atoms with Crippen LogP contribution in [0.1, 0.15) is 17.3 Å². The van der Waals surface area contributed by atoms with Crippen LogP contribution >= 0.6 is 0 Å². The number of nitrogens with two attached hydrogens (primary N) is 1. The fourth-order valence-corrected chi connectivity index (χ4v) is 2.30. The van der Waals surface area contributed by atoms with Crippen LogP contribution < -0.4 is 15.2 Å². The molecule has 1 aliphatic rings. The number of hydrogen-bond acceptors (Lipinski definition) is 4. The first-order valence-corrected chi connectivity index (χ1v) is 6.33. The molecule has 2 atom stereocenters. The molecule has 1 amide bonds. The van der Waals surface area contributed by atoms with Gasteiger partial charge in [-0.05, 0) is 18.1 Å². The number of benzene rings is 1. The minimum Gasteiger partial charge on any atom is -0.497 e. The second-order valence-corrected chi connectivity index (χ2v) is 4.92. The third-order valence-corrected chi connectivity index (χ3v) is 3.60. The number of methoxy groups -OCH3 is 2. The van der Waals surface area contributed by atoms with Crippen molar-refractivity contribution < 1.29 is 14.3 Å². The number of amides is 1. The summed E-state index contributed by atoms with van der Waals surface area (Å²) in [7, 11) is 3.13. The zero-order valence-electron chi connectivity index (χ0n) is 11.6. The first-order valence-electron chi connectivity index (χ1n) is 6.33. The first kappa shape index (κ1) is 13.7. The van der Waals surface area contributed by atoms with Crippen molar-refractivity contribution in [3.8, 4) is 11.5 Å². The lowest BCUT2D eigenvalue weighted by Gasteiger charge is -2.18. The Labute approximate surface area is 113 Å². The lowest BCUT2D eigenvalue weighted by atomic mass is 10.1. The van der Waals surface area contributed by atoms with Crippen LogP contribution in [0.4, 0.5) is 0 Å². The SMILES string of the molecule is COc1ccc(C(=O)N2CC(C)C(N)C2)c(OC)c1. The van der Waals surface area contributed by atoms with E-state index in [1.807, 2.05) is 0 Å². The third kappa shape index (κ3) is 2.66. The summed E-state index contributed by atoms with van der Waals surface area (Å²) in [4.78, 5) is 14.2. The predicted octanol–water partition coefficient (Wildman–Crippen LogP) is 1.12. The fourth-order valence-electron chi connectivity index (χ4n) is 2.30. The molecule has 1 fully saturated rings. The van der Waals surface area contributed by atoms with Gasteiger partial charge in [0, 0.05) is 25.2 Å². The van der Waals surface area contributed by atoms with Gasteiger partial charge >= 0.3 is 0 Å². The van der Waals surface area contributed by atoms with E-state index in [1.165, 1.54) is 0 Å². The summed E-state index contributed by atoms with van der Waals surface area (Å²) in [5, 5.41) is 0. The highest BCUT2D eigenvalue weighted by Crippen LogP contribution is 2.27. The van der Waals surface area contributed by atoms with Gasteiger partial charge < -0.3 is 20.1 Å². The van der Waals surface area contributed by atoms with Gasteiger partial charge in [-0.2, -0.15) is 0 Å². The molecule has 1 aromatic rings. The quantitative estimate of drug-likeness (QED) is 0.888. The van der Waals surface area contributed by atoms with Crippen molar-refractivity contribution in [1.29, 1.82) is 0 Å². The number of rotatable bonds is 3. The second kappa shape index (κ2) is 5.48. The van der Waals surface area contributed by atoms with Crippen molar-refractivity contribution in [2.24, 2.45) is 11.7 Å². The molecule has 0 saturated carbocycles. The van der Waals surface area contributed by atoms with Crippen LogP contribution in [0, 0.1) is 5.92 Å². The minimum atomic E-state index is -0.0423. The van der Waals surface area contributed by atoms with Gasteiger partial charge in [0.15, 0.2) is 0 Å². The van der Waals surface area contributed by atoms with E-state index in [-0.39, 0.29) is 11.9 Å². The number of nitrogens with zero attached hydrogens (tertiary/aromatic N) is 1. The highest BCUT2D eigenvalue weighted by molar-refractivity contribution is 5.97. The summed E-state index contributed by atoms with van der Waals surface area (Å²) >= 11 is 0. The Bertz CT molecular complexity index is 466. The molecule has 0 bridgehead atoms. The number of carbonyl (C=O) groups excluding carboxylic acids is 1. The highest BCUT2D eigenvalue weighted by Gasteiger charge is 2.31. The molecular weight excluding hydrogens is 244 g/mol. The lowest BCUT2D eigenvalue weighted by Crippen LogP contribution is -2.32. The third-order valence-electron chi connectivity index (χ3n) is 3.60. The summed E-state index contributed by atoms with van der Waals surface area (Å²) in [5.74, 6) is 1.48. The van der Waals surface area contributed by atoms with E-state index in [9.17, 15) is 4.79 Å². The van der Waals surface area contributed by atoms with Gasteiger partial charge in [-0.1, -0.05) is 6.92 Å². The molecule has 0 spiro atoms. The second-order valence-electron chi connectivity index (χ2n) is 4.92. The Morgan fingerprint density at radius 2 is 2.05 bits per heavy atom. The topological polar surface area (TPSA) is 64.8 Å².